The van der Waals surface area contributed by atoms with Crippen LogP contribution in [0.1, 0.15) is 46.5 Å². The number of benzene rings is 1. The number of ketones is 1. The van der Waals surface area contributed by atoms with Crippen molar-refractivity contribution in [2.45, 2.75) is 71.2 Å². The number of carbonyl (C=O) groups excluding carboxylic acids is 1. The van der Waals surface area contributed by atoms with Gasteiger partial charge in [-0.1, -0.05) is 13.8 Å². The van der Waals surface area contributed by atoms with Crippen molar-refractivity contribution in [1.82, 2.24) is 0 Å². The van der Waals surface area contributed by atoms with Gasteiger partial charge in [-0.05, 0) is 43.4 Å². The van der Waals surface area contributed by atoms with Crippen molar-refractivity contribution in [3.8, 4) is 5.75 Å². The summed E-state index contributed by atoms with van der Waals surface area (Å²) in [5, 5.41) is 49.6. The average Bonchev–Trinajstić information content (AvgIpc) is 2.92. The summed E-state index contributed by atoms with van der Waals surface area (Å²) in [6, 6.07) is 0. The minimum atomic E-state index is -1.50. The number of phenolic OH excluding ortho intramolecular Hbond substituents is 1. The van der Waals surface area contributed by atoms with E-state index in [0.717, 1.165) is 11.1 Å². The third kappa shape index (κ3) is 3.69. The molecule has 1 aliphatic heterocycles. The molecule has 1 aromatic carbocycles. The van der Waals surface area contributed by atoms with E-state index in [2.05, 4.69) is 0 Å². The van der Waals surface area contributed by atoms with Gasteiger partial charge in [0, 0.05) is 16.5 Å². The third-order valence-corrected chi connectivity index (χ3v) is 6.17. The fourth-order valence-corrected chi connectivity index (χ4v) is 4.34. The summed E-state index contributed by atoms with van der Waals surface area (Å²) in [6.45, 7) is 6.94. The van der Waals surface area contributed by atoms with Gasteiger partial charge in [-0.3, -0.25) is 4.79 Å². The molecule has 0 saturated carbocycles. The van der Waals surface area contributed by atoms with E-state index in [-0.39, 0.29) is 18.1 Å². The molecule has 5 atom stereocenters. The monoisotopic (exact) mass is 410 g/mol. The maximum atomic E-state index is 12.8. The second kappa shape index (κ2) is 7.94. The molecule has 8 heteroatoms. The van der Waals surface area contributed by atoms with Gasteiger partial charge in [-0.15, -0.1) is 0 Å². The van der Waals surface area contributed by atoms with E-state index < -0.39 is 42.7 Å². The van der Waals surface area contributed by atoms with Crippen LogP contribution < -0.4 is 0 Å². The number of phenols is 1. The second-order valence-corrected chi connectivity index (χ2v) is 8.64. The first-order valence-electron chi connectivity index (χ1n) is 9.82. The lowest BCUT2D eigenvalue weighted by molar-refractivity contribution is -0.300. The average molecular weight is 410 g/mol. The number of aromatic hydroxyl groups is 1. The first-order chi connectivity index (χ1) is 13.5. The molecule has 1 aromatic rings. The highest BCUT2D eigenvalue weighted by Crippen LogP contribution is 2.45. The zero-order chi connectivity index (χ0) is 21.7. The predicted octanol–water partition coefficient (Wildman–Crippen LogP) is 0.133. The molecule has 162 valence electrons. The molecule has 1 fully saturated rings. The standard InChI is InChI=1S/C21H30O8/c1-9-11(10(2)15(23)12-7-21(3,4)19(27)14(9)12)5-6-28-20-18(26)17(25)16(24)13(8-22)29-20/h13,16-18,20,22-26H,5-8H2,1-4H3/t13-,16-,17-,18-,20-/m1/s1. The van der Waals surface area contributed by atoms with Gasteiger partial charge in [-0.25, -0.2) is 0 Å². The molecule has 0 bridgehead atoms. The lowest BCUT2D eigenvalue weighted by atomic mass is 9.88. The van der Waals surface area contributed by atoms with Crippen LogP contribution in [0.4, 0.5) is 0 Å². The molecule has 5 N–H and O–H groups in total. The van der Waals surface area contributed by atoms with Crippen LogP contribution in [0.25, 0.3) is 0 Å². The summed E-state index contributed by atoms with van der Waals surface area (Å²) in [6.07, 6.45) is -5.82. The van der Waals surface area contributed by atoms with Gasteiger partial charge >= 0.3 is 0 Å². The molecule has 3 rings (SSSR count). The lowest BCUT2D eigenvalue weighted by Crippen LogP contribution is -2.59. The topological polar surface area (TPSA) is 137 Å². The predicted molar refractivity (Wildman–Crippen MR) is 103 cm³/mol. The number of aliphatic hydroxyl groups is 4. The number of hydrogen-bond donors (Lipinski definition) is 5. The molecule has 1 saturated heterocycles. The van der Waals surface area contributed by atoms with Crippen molar-refractivity contribution in [1.29, 1.82) is 0 Å². The van der Waals surface area contributed by atoms with Crippen LogP contribution in [0.3, 0.4) is 0 Å². The Morgan fingerprint density at radius 2 is 1.76 bits per heavy atom. The van der Waals surface area contributed by atoms with Gasteiger partial charge in [0.1, 0.15) is 30.2 Å². The van der Waals surface area contributed by atoms with Crippen molar-refractivity contribution in [2.24, 2.45) is 5.41 Å². The minimum Gasteiger partial charge on any atom is -0.507 e. The van der Waals surface area contributed by atoms with Crippen LogP contribution in [0.15, 0.2) is 0 Å². The Hall–Kier alpha value is -1.55. The summed E-state index contributed by atoms with van der Waals surface area (Å²) < 4.78 is 10.9. The molecule has 0 amide bonds. The smallest absolute Gasteiger partial charge is 0.186 e. The second-order valence-electron chi connectivity index (χ2n) is 8.64. The highest BCUT2D eigenvalue weighted by molar-refractivity contribution is 6.06. The minimum absolute atomic E-state index is 0.0106. The molecule has 29 heavy (non-hydrogen) atoms. The first kappa shape index (κ1) is 22.1. The summed E-state index contributed by atoms with van der Waals surface area (Å²) in [5.41, 5.74) is 2.99. The third-order valence-electron chi connectivity index (χ3n) is 6.17. The van der Waals surface area contributed by atoms with Gasteiger partial charge in [0.15, 0.2) is 12.1 Å². The molecule has 1 heterocycles. The van der Waals surface area contributed by atoms with Gasteiger partial charge in [-0.2, -0.15) is 0 Å². The Kier molecular flexibility index (Phi) is 6.06. The lowest BCUT2D eigenvalue weighted by Gasteiger charge is -2.39. The fraction of sp³-hybridized carbons (Fsp3) is 0.667. The normalized spacial score (nSPS) is 31.2. The van der Waals surface area contributed by atoms with Crippen molar-refractivity contribution in [3.05, 3.63) is 27.8 Å². The van der Waals surface area contributed by atoms with Crippen molar-refractivity contribution >= 4 is 5.78 Å². The summed E-state index contributed by atoms with van der Waals surface area (Å²) in [5.74, 6) is 0.142. The zero-order valence-electron chi connectivity index (χ0n) is 17.2. The molecule has 0 radical (unpaired) electrons. The van der Waals surface area contributed by atoms with E-state index in [1.165, 1.54) is 0 Å². The van der Waals surface area contributed by atoms with Crippen LogP contribution in [0.2, 0.25) is 0 Å². The zero-order valence-corrected chi connectivity index (χ0v) is 17.2. The number of aliphatic hydroxyl groups excluding tert-OH is 4. The van der Waals surface area contributed by atoms with Crippen molar-refractivity contribution < 1.29 is 39.8 Å². The quantitative estimate of drug-likeness (QED) is 0.462. The molecular formula is C21H30O8. The Balaban J connectivity index is 1.76. The molecule has 2 aliphatic rings. The number of carbonyl (C=O) groups is 1. The largest absolute Gasteiger partial charge is 0.507 e. The number of ether oxygens (including phenoxy) is 2. The maximum absolute atomic E-state index is 12.8. The van der Waals surface area contributed by atoms with Crippen molar-refractivity contribution in [3.63, 3.8) is 0 Å². The molecule has 0 unspecified atom stereocenters. The van der Waals surface area contributed by atoms with E-state index in [1.54, 1.807) is 6.92 Å². The van der Waals surface area contributed by atoms with Crippen LogP contribution in [0.5, 0.6) is 5.75 Å². The van der Waals surface area contributed by atoms with Gasteiger partial charge in [0.25, 0.3) is 0 Å². The van der Waals surface area contributed by atoms with Crippen LogP contribution >= 0.6 is 0 Å². The Labute approximate surface area is 169 Å². The summed E-state index contributed by atoms with van der Waals surface area (Å²) in [7, 11) is 0. The van der Waals surface area contributed by atoms with E-state index in [0.29, 0.717) is 29.5 Å². The van der Waals surface area contributed by atoms with Crippen LogP contribution in [-0.2, 0) is 22.3 Å². The number of fused-ring (bicyclic) bond motifs is 1. The maximum Gasteiger partial charge on any atom is 0.186 e. The SMILES string of the molecule is Cc1c(O)c2c(c(C)c1CCO[C@@H]1O[C@H](CO)[C@@H](O)[C@@H](O)[C@H]1O)C(=O)C(C)(C)C2. The highest BCUT2D eigenvalue weighted by atomic mass is 16.7. The first-order valence-corrected chi connectivity index (χ1v) is 9.82. The summed E-state index contributed by atoms with van der Waals surface area (Å²) in [4.78, 5) is 12.8. The molecule has 8 nitrogen and oxygen atoms in total. The Morgan fingerprint density at radius 1 is 1.10 bits per heavy atom. The van der Waals surface area contributed by atoms with E-state index in [9.17, 15) is 30.3 Å². The molecule has 0 aromatic heterocycles. The number of hydrogen-bond acceptors (Lipinski definition) is 8. The Bertz CT molecular complexity index is 801. The van der Waals surface area contributed by atoms with Gasteiger partial charge in [0.05, 0.1) is 13.2 Å². The van der Waals surface area contributed by atoms with Crippen LogP contribution in [0, 0.1) is 19.3 Å². The highest BCUT2D eigenvalue weighted by Gasteiger charge is 2.44. The Morgan fingerprint density at radius 3 is 2.38 bits per heavy atom. The van der Waals surface area contributed by atoms with Crippen LogP contribution in [-0.4, -0.2) is 75.2 Å². The fourth-order valence-electron chi connectivity index (χ4n) is 4.34. The summed E-state index contributed by atoms with van der Waals surface area (Å²) >= 11 is 0. The van der Waals surface area contributed by atoms with E-state index >= 15 is 0 Å². The van der Waals surface area contributed by atoms with E-state index in [1.807, 2.05) is 20.8 Å². The molecule has 0 spiro atoms. The number of Topliss-reactive ketones (excluding diaryl/α,β-unsaturated/α-hetero) is 1. The number of rotatable bonds is 5. The molecular weight excluding hydrogens is 380 g/mol. The van der Waals surface area contributed by atoms with E-state index in [4.69, 9.17) is 9.47 Å². The van der Waals surface area contributed by atoms with Crippen molar-refractivity contribution in [2.75, 3.05) is 13.2 Å². The van der Waals surface area contributed by atoms with Gasteiger partial charge < -0.3 is 35.0 Å². The van der Waals surface area contributed by atoms with Gasteiger partial charge in [0.2, 0.25) is 0 Å². The molecule has 1 aliphatic carbocycles.